The van der Waals surface area contributed by atoms with Crippen LogP contribution in [0.4, 0.5) is 0 Å². The molecule has 0 aromatic rings. The van der Waals surface area contributed by atoms with E-state index in [1.54, 1.807) is 0 Å². The van der Waals surface area contributed by atoms with Crippen molar-refractivity contribution in [2.75, 3.05) is 6.61 Å². The van der Waals surface area contributed by atoms with Crippen LogP contribution in [0.15, 0.2) is 12.2 Å². The Morgan fingerprint density at radius 3 is 2.80 bits per heavy atom. The third kappa shape index (κ3) is 7.70. The van der Waals surface area contributed by atoms with Gasteiger partial charge in [-0.05, 0) is 13.3 Å². The standard InChI is InChI=1S/C9H17O/c1-4-5-6-7-10-8-9(2)3/h7H,2,4-6,8H2,1,3H3. The van der Waals surface area contributed by atoms with Gasteiger partial charge in [-0.3, -0.25) is 0 Å². The topological polar surface area (TPSA) is 9.23 Å². The van der Waals surface area contributed by atoms with E-state index in [1.807, 2.05) is 13.5 Å². The van der Waals surface area contributed by atoms with Gasteiger partial charge < -0.3 is 4.74 Å². The maximum atomic E-state index is 5.17. The Balaban J connectivity index is 2.84. The van der Waals surface area contributed by atoms with Gasteiger partial charge in [-0.25, -0.2) is 0 Å². The van der Waals surface area contributed by atoms with E-state index in [-0.39, 0.29) is 0 Å². The Kier molecular flexibility index (Phi) is 6.61. The normalized spacial score (nSPS) is 9.80. The molecular formula is C9H17O. The summed E-state index contributed by atoms with van der Waals surface area (Å²) >= 11 is 0. The summed E-state index contributed by atoms with van der Waals surface area (Å²) in [5.41, 5.74) is 1.08. The van der Waals surface area contributed by atoms with Crippen LogP contribution in [0.2, 0.25) is 0 Å². The number of unbranched alkanes of at least 4 members (excludes halogenated alkanes) is 2. The van der Waals surface area contributed by atoms with Crippen molar-refractivity contribution >= 4 is 0 Å². The summed E-state index contributed by atoms with van der Waals surface area (Å²) in [6.07, 6.45) is 3.51. The van der Waals surface area contributed by atoms with Crippen LogP contribution in [-0.2, 0) is 4.74 Å². The molecule has 0 heterocycles. The van der Waals surface area contributed by atoms with Crippen molar-refractivity contribution in [3.8, 4) is 0 Å². The second-order valence-corrected chi connectivity index (χ2v) is 2.58. The Morgan fingerprint density at radius 2 is 2.30 bits per heavy atom. The Hall–Kier alpha value is -0.300. The molecule has 0 spiro atoms. The monoisotopic (exact) mass is 141 g/mol. The molecule has 10 heavy (non-hydrogen) atoms. The minimum Gasteiger partial charge on any atom is -0.371 e. The van der Waals surface area contributed by atoms with Crippen molar-refractivity contribution in [1.29, 1.82) is 0 Å². The second-order valence-electron chi connectivity index (χ2n) is 2.58. The molecule has 0 rings (SSSR count). The molecule has 0 atom stereocenters. The van der Waals surface area contributed by atoms with Crippen molar-refractivity contribution in [2.24, 2.45) is 0 Å². The molecule has 0 N–H and O–H groups in total. The molecule has 0 aliphatic rings. The molecule has 0 bridgehead atoms. The van der Waals surface area contributed by atoms with Crippen molar-refractivity contribution in [2.45, 2.75) is 33.1 Å². The van der Waals surface area contributed by atoms with E-state index in [1.165, 1.54) is 12.8 Å². The maximum absolute atomic E-state index is 5.17. The molecule has 0 unspecified atom stereocenters. The van der Waals surface area contributed by atoms with Crippen LogP contribution in [0.3, 0.4) is 0 Å². The van der Waals surface area contributed by atoms with Crippen molar-refractivity contribution in [3.63, 3.8) is 0 Å². The van der Waals surface area contributed by atoms with Crippen LogP contribution in [0.25, 0.3) is 0 Å². The fourth-order valence-electron chi connectivity index (χ4n) is 0.572. The van der Waals surface area contributed by atoms with Gasteiger partial charge >= 0.3 is 0 Å². The maximum Gasteiger partial charge on any atom is 0.0841 e. The predicted octanol–water partition coefficient (Wildman–Crippen LogP) is 2.93. The highest BCUT2D eigenvalue weighted by molar-refractivity contribution is 4.87. The summed E-state index contributed by atoms with van der Waals surface area (Å²) in [4.78, 5) is 0. The summed E-state index contributed by atoms with van der Waals surface area (Å²) in [5, 5.41) is 0. The molecule has 1 nitrogen and oxygen atoms in total. The van der Waals surface area contributed by atoms with Crippen LogP contribution in [0.1, 0.15) is 33.1 Å². The van der Waals surface area contributed by atoms with Gasteiger partial charge in [-0.2, -0.15) is 0 Å². The Labute approximate surface area is 64.1 Å². The average Bonchev–Trinajstić information content (AvgIpc) is 1.87. The quantitative estimate of drug-likeness (QED) is 0.408. The lowest BCUT2D eigenvalue weighted by molar-refractivity contribution is 0.216. The molecule has 0 aliphatic carbocycles. The number of hydrogen-bond donors (Lipinski definition) is 0. The third-order valence-electron chi connectivity index (χ3n) is 1.12. The fourth-order valence-corrected chi connectivity index (χ4v) is 0.572. The van der Waals surface area contributed by atoms with E-state index in [0.717, 1.165) is 12.0 Å². The van der Waals surface area contributed by atoms with Crippen LogP contribution >= 0.6 is 0 Å². The zero-order valence-electron chi connectivity index (χ0n) is 7.02. The minimum absolute atomic E-state index is 0.670. The van der Waals surface area contributed by atoms with Crippen molar-refractivity contribution in [3.05, 3.63) is 18.8 Å². The van der Waals surface area contributed by atoms with Gasteiger partial charge in [0.1, 0.15) is 0 Å². The highest BCUT2D eigenvalue weighted by atomic mass is 16.5. The molecule has 1 radical (unpaired) electrons. The zero-order chi connectivity index (χ0) is 7.82. The summed E-state index contributed by atoms with van der Waals surface area (Å²) in [5.74, 6) is 0. The van der Waals surface area contributed by atoms with Gasteiger partial charge in [0, 0.05) is 0 Å². The van der Waals surface area contributed by atoms with Gasteiger partial charge in [0.2, 0.25) is 0 Å². The van der Waals surface area contributed by atoms with E-state index in [4.69, 9.17) is 4.74 Å². The van der Waals surface area contributed by atoms with Crippen molar-refractivity contribution in [1.82, 2.24) is 0 Å². The van der Waals surface area contributed by atoms with Crippen molar-refractivity contribution < 1.29 is 4.74 Å². The van der Waals surface area contributed by atoms with E-state index in [0.29, 0.717) is 6.61 Å². The van der Waals surface area contributed by atoms with Gasteiger partial charge in [0.05, 0.1) is 13.2 Å². The molecule has 0 saturated heterocycles. The molecule has 1 heteroatoms. The van der Waals surface area contributed by atoms with E-state index in [2.05, 4.69) is 13.5 Å². The first kappa shape index (κ1) is 9.70. The summed E-state index contributed by atoms with van der Waals surface area (Å²) in [6, 6.07) is 0. The molecule has 59 valence electrons. The highest BCUT2D eigenvalue weighted by Gasteiger charge is 1.88. The first-order valence-corrected chi connectivity index (χ1v) is 3.85. The fraction of sp³-hybridized carbons (Fsp3) is 0.667. The lowest BCUT2D eigenvalue weighted by atomic mass is 10.3. The van der Waals surface area contributed by atoms with Gasteiger partial charge in [0.25, 0.3) is 0 Å². The van der Waals surface area contributed by atoms with E-state index >= 15 is 0 Å². The van der Waals surface area contributed by atoms with Crippen LogP contribution in [-0.4, -0.2) is 6.61 Å². The molecular weight excluding hydrogens is 124 g/mol. The van der Waals surface area contributed by atoms with Gasteiger partial charge in [-0.1, -0.05) is 31.9 Å². The molecule has 0 amide bonds. The van der Waals surface area contributed by atoms with Crippen LogP contribution in [0.5, 0.6) is 0 Å². The van der Waals surface area contributed by atoms with E-state index in [9.17, 15) is 0 Å². The molecule has 0 saturated carbocycles. The zero-order valence-corrected chi connectivity index (χ0v) is 7.02. The number of rotatable bonds is 6. The Morgan fingerprint density at radius 1 is 1.60 bits per heavy atom. The molecule has 0 aromatic heterocycles. The summed E-state index contributed by atoms with van der Waals surface area (Å²) < 4.78 is 5.17. The minimum atomic E-state index is 0.670. The lowest BCUT2D eigenvalue weighted by Crippen LogP contribution is -1.91. The molecule has 0 fully saturated rings. The van der Waals surface area contributed by atoms with Gasteiger partial charge in [0.15, 0.2) is 0 Å². The third-order valence-corrected chi connectivity index (χ3v) is 1.12. The largest absolute Gasteiger partial charge is 0.371 e. The molecule has 0 aromatic carbocycles. The Bertz CT molecular complexity index is 86.7. The molecule has 0 aliphatic heterocycles. The average molecular weight is 141 g/mol. The number of hydrogen-bond acceptors (Lipinski definition) is 1. The lowest BCUT2D eigenvalue weighted by Gasteiger charge is -2.00. The first-order chi connectivity index (χ1) is 4.77. The van der Waals surface area contributed by atoms with Crippen LogP contribution < -0.4 is 0 Å². The van der Waals surface area contributed by atoms with E-state index < -0.39 is 0 Å². The van der Waals surface area contributed by atoms with Crippen LogP contribution in [0, 0.1) is 6.61 Å². The second kappa shape index (κ2) is 6.81. The number of ether oxygens (including phenoxy) is 1. The summed E-state index contributed by atoms with van der Waals surface area (Å²) in [7, 11) is 0. The smallest absolute Gasteiger partial charge is 0.0841 e. The predicted molar refractivity (Wildman–Crippen MR) is 44.6 cm³/mol. The summed E-state index contributed by atoms with van der Waals surface area (Å²) in [6.45, 7) is 10.4. The SMILES string of the molecule is C=C(C)CO[CH]CCCC. The highest BCUT2D eigenvalue weighted by Crippen LogP contribution is 1.99. The van der Waals surface area contributed by atoms with Gasteiger partial charge in [-0.15, -0.1) is 0 Å². The first-order valence-electron chi connectivity index (χ1n) is 3.85.